The second-order valence-corrected chi connectivity index (χ2v) is 7.76. The molecule has 0 unspecified atom stereocenters. The maximum absolute atomic E-state index is 13.6. The van der Waals surface area contributed by atoms with Crippen LogP contribution in [-0.2, 0) is 0 Å². The smallest absolute Gasteiger partial charge is 0.295 e. The fourth-order valence-corrected chi connectivity index (χ4v) is 4.11. The molecule has 1 aliphatic heterocycles. The van der Waals surface area contributed by atoms with Crippen molar-refractivity contribution < 1.29 is 18.7 Å². The molecule has 2 heterocycles. The van der Waals surface area contributed by atoms with Crippen LogP contribution in [0.4, 0.5) is 10.1 Å². The van der Waals surface area contributed by atoms with Crippen molar-refractivity contribution in [2.75, 3.05) is 4.90 Å². The molecule has 0 aliphatic carbocycles. The lowest BCUT2D eigenvalue weighted by molar-refractivity contribution is 0.0971. The Morgan fingerprint density at radius 1 is 0.968 bits per heavy atom. The number of rotatable bonds is 2. The Morgan fingerprint density at radius 3 is 2.39 bits per heavy atom. The van der Waals surface area contributed by atoms with Gasteiger partial charge in [-0.15, -0.1) is 0 Å². The Balaban J connectivity index is 1.83. The van der Waals surface area contributed by atoms with Crippen molar-refractivity contribution in [2.45, 2.75) is 19.9 Å². The third-order valence-electron chi connectivity index (χ3n) is 5.78. The average molecular weight is 415 g/mol. The molecule has 0 fully saturated rings. The molecule has 3 aromatic carbocycles. The van der Waals surface area contributed by atoms with Crippen LogP contribution in [0.5, 0.6) is 5.75 Å². The highest BCUT2D eigenvalue weighted by Gasteiger charge is 2.43. The molecule has 6 heteroatoms. The van der Waals surface area contributed by atoms with Gasteiger partial charge in [0.1, 0.15) is 17.1 Å². The first-order chi connectivity index (χ1) is 14.8. The van der Waals surface area contributed by atoms with Crippen molar-refractivity contribution in [1.82, 2.24) is 0 Å². The number of benzene rings is 3. The van der Waals surface area contributed by atoms with Crippen molar-refractivity contribution in [3.63, 3.8) is 0 Å². The lowest BCUT2D eigenvalue weighted by Gasteiger charge is -2.25. The van der Waals surface area contributed by atoms with Crippen LogP contribution in [0.1, 0.15) is 38.9 Å². The molecule has 1 aromatic heterocycles. The predicted octanol–water partition coefficient (Wildman–Crippen LogP) is 5.00. The van der Waals surface area contributed by atoms with E-state index in [9.17, 15) is 19.1 Å². The number of hydrogen-bond donors (Lipinski definition) is 1. The van der Waals surface area contributed by atoms with Crippen LogP contribution in [0.15, 0.2) is 69.9 Å². The number of fused-ring (bicyclic) bond motifs is 2. The van der Waals surface area contributed by atoms with Crippen LogP contribution >= 0.6 is 0 Å². The summed E-state index contributed by atoms with van der Waals surface area (Å²) in [6, 6.07) is 14.6. The van der Waals surface area contributed by atoms with Crippen LogP contribution in [-0.4, -0.2) is 11.0 Å². The molecular formula is C25H18FNO4. The van der Waals surface area contributed by atoms with Crippen molar-refractivity contribution in [1.29, 1.82) is 0 Å². The molecule has 0 saturated heterocycles. The van der Waals surface area contributed by atoms with E-state index in [1.165, 1.54) is 41.3 Å². The number of amides is 1. The van der Waals surface area contributed by atoms with Crippen LogP contribution in [0.3, 0.4) is 0 Å². The van der Waals surface area contributed by atoms with Gasteiger partial charge in [0.25, 0.3) is 5.91 Å². The van der Waals surface area contributed by atoms with Gasteiger partial charge in [0.05, 0.1) is 17.0 Å². The highest BCUT2D eigenvalue weighted by atomic mass is 19.1. The molecule has 4 aromatic rings. The Hall–Kier alpha value is -3.93. The summed E-state index contributed by atoms with van der Waals surface area (Å²) in [6.45, 7) is 3.81. The van der Waals surface area contributed by atoms with Gasteiger partial charge in [-0.1, -0.05) is 12.1 Å². The van der Waals surface area contributed by atoms with Gasteiger partial charge >= 0.3 is 0 Å². The Bertz CT molecular complexity index is 1420. The first-order valence-corrected chi connectivity index (χ1v) is 9.81. The summed E-state index contributed by atoms with van der Waals surface area (Å²) in [5, 5.41) is 10.4. The van der Waals surface area contributed by atoms with Gasteiger partial charge in [0.15, 0.2) is 5.43 Å². The van der Waals surface area contributed by atoms with Crippen LogP contribution in [0.25, 0.3) is 11.0 Å². The second-order valence-electron chi connectivity index (χ2n) is 7.76. The second kappa shape index (κ2) is 6.80. The zero-order valence-corrected chi connectivity index (χ0v) is 16.8. The first-order valence-electron chi connectivity index (χ1n) is 9.81. The number of carbonyl (C=O) groups excluding carboxylic acids is 1. The third kappa shape index (κ3) is 2.91. The molecule has 1 N–H and O–H groups in total. The third-order valence-corrected chi connectivity index (χ3v) is 5.78. The SMILES string of the molecule is Cc1cc2oc3c(c(=O)c2cc1C)[C@@H](c1cccc(O)c1)N(c1ccc(F)cc1)C3=O. The number of phenolic OH excluding ortho intramolecular Hbond substituents is 1. The molecule has 5 nitrogen and oxygen atoms in total. The fourth-order valence-electron chi connectivity index (χ4n) is 4.11. The van der Waals surface area contributed by atoms with Gasteiger partial charge in [-0.2, -0.15) is 0 Å². The number of halogens is 1. The Labute approximate surface area is 177 Å². The topological polar surface area (TPSA) is 70.8 Å². The summed E-state index contributed by atoms with van der Waals surface area (Å²) in [7, 11) is 0. The quantitative estimate of drug-likeness (QED) is 0.500. The van der Waals surface area contributed by atoms with Crippen molar-refractivity contribution in [3.05, 3.63) is 105 Å². The summed E-state index contributed by atoms with van der Waals surface area (Å²) in [4.78, 5) is 28.4. The monoisotopic (exact) mass is 415 g/mol. The number of nitrogens with zero attached hydrogens (tertiary/aromatic N) is 1. The standard InChI is InChI=1S/C25H18FNO4/c1-13-10-19-20(11-14(13)2)31-24-21(23(19)29)22(15-4-3-5-18(28)12-15)27(25(24)30)17-8-6-16(26)7-9-17/h3-12,22,28H,1-2H3/t22-/m1/s1. The van der Waals surface area contributed by atoms with Gasteiger partial charge in [-0.05, 0) is 79.1 Å². The number of phenols is 1. The zero-order chi connectivity index (χ0) is 21.9. The molecule has 5 rings (SSSR count). The maximum Gasteiger partial charge on any atom is 0.295 e. The summed E-state index contributed by atoms with van der Waals surface area (Å²) in [5.41, 5.74) is 3.10. The van der Waals surface area contributed by atoms with E-state index >= 15 is 0 Å². The average Bonchev–Trinajstić information content (AvgIpc) is 3.03. The summed E-state index contributed by atoms with van der Waals surface area (Å²) >= 11 is 0. The molecule has 0 saturated carbocycles. The van der Waals surface area contributed by atoms with Gasteiger partial charge in [-0.3, -0.25) is 14.5 Å². The number of aromatic hydroxyl groups is 1. The molecule has 1 amide bonds. The van der Waals surface area contributed by atoms with E-state index in [1.54, 1.807) is 24.3 Å². The largest absolute Gasteiger partial charge is 0.508 e. The van der Waals surface area contributed by atoms with Crippen LogP contribution < -0.4 is 10.3 Å². The highest BCUT2D eigenvalue weighted by molar-refractivity contribution is 6.10. The van der Waals surface area contributed by atoms with Gasteiger partial charge in [0, 0.05) is 5.69 Å². The summed E-state index contributed by atoms with van der Waals surface area (Å²) < 4.78 is 19.5. The van der Waals surface area contributed by atoms with Crippen molar-refractivity contribution in [3.8, 4) is 5.75 Å². The molecule has 0 spiro atoms. The number of anilines is 1. The van der Waals surface area contributed by atoms with E-state index in [-0.39, 0.29) is 22.5 Å². The minimum Gasteiger partial charge on any atom is -0.508 e. The molecule has 154 valence electrons. The van der Waals surface area contributed by atoms with E-state index in [1.807, 2.05) is 13.8 Å². The first kappa shape index (κ1) is 19.1. The zero-order valence-electron chi connectivity index (χ0n) is 16.8. The summed E-state index contributed by atoms with van der Waals surface area (Å²) in [6.07, 6.45) is 0. The van der Waals surface area contributed by atoms with Crippen molar-refractivity contribution >= 4 is 22.6 Å². The maximum atomic E-state index is 13.6. The van der Waals surface area contributed by atoms with Crippen LogP contribution in [0, 0.1) is 19.7 Å². The van der Waals surface area contributed by atoms with Gasteiger partial charge in [0.2, 0.25) is 5.76 Å². The molecule has 0 bridgehead atoms. The fraction of sp³-hybridized carbons (Fsp3) is 0.120. The van der Waals surface area contributed by atoms with E-state index in [0.717, 1.165) is 11.1 Å². The predicted molar refractivity (Wildman–Crippen MR) is 115 cm³/mol. The Kier molecular flexibility index (Phi) is 4.18. The van der Waals surface area contributed by atoms with E-state index in [2.05, 4.69) is 0 Å². The lowest BCUT2D eigenvalue weighted by atomic mass is 9.97. The lowest BCUT2D eigenvalue weighted by Crippen LogP contribution is -2.29. The molecule has 1 aliphatic rings. The minimum atomic E-state index is -0.817. The van der Waals surface area contributed by atoms with Gasteiger partial charge in [-0.25, -0.2) is 4.39 Å². The Morgan fingerprint density at radius 2 is 1.68 bits per heavy atom. The number of aryl methyl sites for hydroxylation is 2. The highest BCUT2D eigenvalue weighted by Crippen LogP contribution is 2.42. The van der Waals surface area contributed by atoms with Gasteiger partial charge < -0.3 is 9.52 Å². The summed E-state index contributed by atoms with van der Waals surface area (Å²) in [5.74, 6) is -0.965. The molecule has 31 heavy (non-hydrogen) atoms. The van der Waals surface area contributed by atoms with E-state index in [4.69, 9.17) is 4.42 Å². The van der Waals surface area contributed by atoms with E-state index < -0.39 is 17.8 Å². The van der Waals surface area contributed by atoms with E-state index in [0.29, 0.717) is 22.2 Å². The molecule has 0 radical (unpaired) electrons. The number of carbonyl (C=O) groups is 1. The number of hydrogen-bond acceptors (Lipinski definition) is 4. The minimum absolute atomic E-state index is 0.00843. The molecular weight excluding hydrogens is 397 g/mol. The molecule has 1 atom stereocenters. The van der Waals surface area contributed by atoms with Crippen molar-refractivity contribution in [2.24, 2.45) is 0 Å². The normalized spacial score (nSPS) is 15.5. The van der Waals surface area contributed by atoms with Crippen LogP contribution in [0.2, 0.25) is 0 Å².